The number of nitrogens with zero attached hydrogens (tertiary/aromatic N) is 1. The van der Waals surface area contributed by atoms with Gasteiger partial charge in [-0.05, 0) is 40.3 Å². The van der Waals surface area contributed by atoms with Crippen molar-refractivity contribution in [1.82, 2.24) is 10.2 Å². The number of aliphatic hydroxyl groups is 1. The standard InChI is InChI=1S/C10H22N2O/c1-8-6-10(4-5-12(8)3)11-7-9(2)13/h8-11,13H,4-7H2,1-3H3. The van der Waals surface area contributed by atoms with Gasteiger partial charge in [0.05, 0.1) is 6.10 Å². The molecule has 3 unspecified atom stereocenters. The maximum absolute atomic E-state index is 9.13. The number of hydrogen-bond donors (Lipinski definition) is 2. The molecule has 0 aromatic rings. The fourth-order valence-corrected chi connectivity index (χ4v) is 1.81. The van der Waals surface area contributed by atoms with E-state index < -0.39 is 0 Å². The van der Waals surface area contributed by atoms with Gasteiger partial charge in [-0.25, -0.2) is 0 Å². The summed E-state index contributed by atoms with van der Waals surface area (Å²) in [5.74, 6) is 0. The molecule has 0 amide bonds. The first kappa shape index (κ1) is 11.0. The first-order chi connectivity index (χ1) is 6.09. The zero-order valence-corrected chi connectivity index (χ0v) is 8.95. The highest BCUT2D eigenvalue weighted by atomic mass is 16.3. The van der Waals surface area contributed by atoms with Crippen molar-refractivity contribution in [3.63, 3.8) is 0 Å². The number of hydrogen-bond acceptors (Lipinski definition) is 3. The van der Waals surface area contributed by atoms with Crippen LogP contribution in [-0.2, 0) is 0 Å². The summed E-state index contributed by atoms with van der Waals surface area (Å²) in [5, 5.41) is 12.5. The van der Waals surface area contributed by atoms with Crippen LogP contribution in [0.4, 0.5) is 0 Å². The zero-order chi connectivity index (χ0) is 9.84. The molecular weight excluding hydrogens is 164 g/mol. The van der Waals surface area contributed by atoms with Gasteiger partial charge in [0.25, 0.3) is 0 Å². The van der Waals surface area contributed by atoms with Gasteiger partial charge in [-0.2, -0.15) is 0 Å². The minimum Gasteiger partial charge on any atom is -0.392 e. The van der Waals surface area contributed by atoms with Crippen molar-refractivity contribution in [2.24, 2.45) is 0 Å². The minimum atomic E-state index is -0.227. The summed E-state index contributed by atoms with van der Waals surface area (Å²) in [4.78, 5) is 2.39. The molecule has 13 heavy (non-hydrogen) atoms. The Morgan fingerprint density at radius 3 is 2.85 bits per heavy atom. The van der Waals surface area contributed by atoms with Crippen molar-refractivity contribution < 1.29 is 5.11 Å². The molecular formula is C10H22N2O. The van der Waals surface area contributed by atoms with Crippen LogP contribution in [0.1, 0.15) is 26.7 Å². The Morgan fingerprint density at radius 1 is 1.62 bits per heavy atom. The molecule has 1 rings (SSSR count). The van der Waals surface area contributed by atoms with Crippen molar-refractivity contribution >= 4 is 0 Å². The molecule has 0 radical (unpaired) electrons. The van der Waals surface area contributed by atoms with E-state index in [0.29, 0.717) is 12.1 Å². The molecule has 2 N–H and O–H groups in total. The summed E-state index contributed by atoms with van der Waals surface area (Å²) >= 11 is 0. The van der Waals surface area contributed by atoms with Gasteiger partial charge in [0, 0.05) is 18.6 Å². The van der Waals surface area contributed by atoms with Gasteiger partial charge in [-0.3, -0.25) is 0 Å². The Kier molecular flexibility index (Phi) is 4.16. The lowest BCUT2D eigenvalue weighted by Gasteiger charge is -2.35. The third-order valence-corrected chi connectivity index (χ3v) is 2.91. The smallest absolute Gasteiger partial charge is 0.0636 e. The number of aliphatic hydroxyl groups excluding tert-OH is 1. The molecule has 0 bridgehead atoms. The van der Waals surface area contributed by atoms with Crippen molar-refractivity contribution in [3.8, 4) is 0 Å². The molecule has 0 spiro atoms. The highest BCUT2D eigenvalue weighted by molar-refractivity contribution is 4.81. The Hall–Kier alpha value is -0.120. The molecule has 0 aromatic carbocycles. The van der Waals surface area contributed by atoms with Crippen molar-refractivity contribution in [1.29, 1.82) is 0 Å². The average Bonchev–Trinajstić information content (AvgIpc) is 2.07. The van der Waals surface area contributed by atoms with Crippen LogP contribution in [0.15, 0.2) is 0 Å². The number of nitrogens with one attached hydrogen (secondary N) is 1. The topological polar surface area (TPSA) is 35.5 Å². The van der Waals surface area contributed by atoms with Gasteiger partial charge >= 0.3 is 0 Å². The third kappa shape index (κ3) is 3.63. The summed E-state index contributed by atoms with van der Waals surface area (Å²) in [6.45, 7) is 5.97. The second kappa shape index (κ2) is 4.94. The van der Waals surface area contributed by atoms with Crippen LogP contribution in [0, 0.1) is 0 Å². The van der Waals surface area contributed by atoms with Crippen LogP contribution >= 0.6 is 0 Å². The second-order valence-corrected chi connectivity index (χ2v) is 4.31. The number of rotatable bonds is 3. The monoisotopic (exact) mass is 186 g/mol. The predicted octanol–water partition coefficient (Wildman–Crippen LogP) is 0.440. The molecule has 1 aliphatic rings. The molecule has 1 aliphatic heterocycles. The minimum absolute atomic E-state index is 0.227. The summed E-state index contributed by atoms with van der Waals surface area (Å²) in [6.07, 6.45) is 2.17. The molecule has 0 aliphatic carbocycles. The summed E-state index contributed by atoms with van der Waals surface area (Å²) < 4.78 is 0. The maximum atomic E-state index is 9.13. The fourth-order valence-electron chi connectivity index (χ4n) is 1.81. The first-order valence-corrected chi connectivity index (χ1v) is 5.21. The van der Waals surface area contributed by atoms with Crippen LogP contribution in [0.5, 0.6) is 0 Å². The Balaban J connectivity index is 2.21. The molecule has 3 nitrogen and oxygen atoms in total. The van der Waals surface area contributed by atoms with E-state index in [4.69, 9.17) is 5.11 Å². The number of likely N-dealkylation sites (tertiary alicyclic amines) is 1. The van der Waals surface area contributed by atoms with E-state index in [1.165, 1.54) is 19.4 Å². The van der Waals surface area contributed by atoms with E-state index in [1.807, 2.05) is 6.92 Å². The normalized spacial score (nSPS) is 33.2. The Bertz CT molecular complexity index is 150. The van der Waals surface area contributed by atoms with Crippen molar-refractivity contribution in [2.75, 3.05) is 20.1 Å². The number of piperidine rings is 1. The van der Waals surface area contributed by atoms with Crippen molar-refractivity contribution in [2.45, 2.75) is 44.9 Å². The van der Waals surface area contributed by atoms with Crippen LogP contribution in [-0.4, -0.2) is 48.3 Å². The van der Waals surface area contributed by atoms with Crippen LogP contribution < -0.4 is 5.32 Å². The molecule has 3 heteroatoms. The average molecular weight is 186 g/mol. The van der Waals surface area contributed by atoms with Gasteiger partial charge in [-0.1, -0.05) is 0 Å². The lowest BCUT2D eigenvalue weighted by molar-refractivity contribution is 0.146. The second-order valence-electron chi connectivity index (χ2n) is 4.31. The van der Waals surface area contributed by atoms with Crippen molar-refractivity contribution in [3.05, 3.63) is 0 Å². The van der Waals surface area contributed by atoms with E-state index >= 15 is 0 Å². The molecule has 0 aromatic heterocycles. The van der Waals surface area contributed by atoms with Crippen LogP contribution in [0.3, 0.4) is 0 Å². The Labute approximate surface area is 81.1 Å². The van der Waals surface area contributed by atoms with Gasteiger partial charge in [0.1, 0.15) is 0 Å². The lowest BCUT2D eigenvalue weighted by Crippen LogP contribution is -2.46. The summed E-state index contributed by atoms with van der Waals surface area (Å²) in [7, 11) is 2.18. The SMILES string of the molecule is CC(O)CNC1CCN(C)C(C)C1. The largest absolute Gasteiger partial charge is 0.392 e. The fraction of sp³-hybridized carbons (Fsp3) is 1.00. The lowest BCUT2D eigenvalue weighted by atomic mass is 9.99. The van der Waals surface area contributed by atoms with E-state index in [9.17, 15) is 0 Å². The predicted molar refractivity (Wildman–Crippen MR) is 54.8 cm³/mol. The van der Waals surface area contributed by atoms with E-state index in [-0.39, 0.29) is 6.10 Å². The van der Waals surface area contributed by atoms with Gasteiger partial charge in [0.15, 0.2) is 0 Å². The zero-order valence-electron chi connectivity index (χ0n) is 8.95. The molecule has 1 fully saturated rings. The Morgan fingerprint density at radius 2 is 2.31 bits per heavy atom. The highest BCUT2D eigenvalue weighted by Crippen LogP contribution is 2.14. The van der Waals surface area contributed by atoms with Crippen LogP contribution in [0.25, 0.3) is 0 Å². The van der Waals surface area contributed by atoms with E-state index in [2.05, 4.69) is 24.2 Å². The maximum Gasteiger partial charge on any atom is 0.0636 e. The molecule has 78 valence electrons. The van der Waals surface area contributed by atoms with E-state index in [1.54, 1.807) is 0 Å². The third-order valence-electron chi connectivity index (χ3n) is 2.91. The quantitative estimate of drug-likeness (QED) is 0.671. The molecule has 1 saturated heterocycles. The first-order valence-electron chi connectivity index (χ1n) is 5.21. The highest BCUT2D eigenvalue weighted by Gasteiger charge is 2.22. The molecule has 0 saturated carbocycles. The van der Waals surface area contributed by atoms with Gasteiger partial charge < -0.3 is 15.3 Å². The van der Waals surface area contributed by atoms with Crippen LogP contribution in [0.2, 0.25) is 0 Å². The molecule has 3 atom stereocenters. The molecule has 1 heterocycles. The van der Waals surface area contributed by atoms with Gasteiger partial charge in [0.2, 0.25) is 0 Å². The summed E-state index contributed by atoms with van der Waals surface area (Å²) in [5.41, 5.74) is 0. The van der Waals surface area contributed by atoms with E-state index in [0.717, 1.165) is 6.54 Å². The summed E-state index contributed by atoms with van der Waals surface area (Å²) in [6, 6.07) is 1.26. The van der Waals surface area contributed by atoms with Gasteiger partial charge in [-0.15, -0.1) is 0 Å².